The summed E-state index contributed by atoms with van der Waals surface area (Å²) in [7, 11) is 0. The Morgan fingerprint density at radius 1 is 1.18 bits per heavy atom. The molecule has 0 amide bonds. The normalized spacial score (nSPS) is 22.3. The van der Waals surface area contributed by atoms with E-state index in [1.807, 2.05) is 25.1 Å². The largest absolute Gasteiger partial charge is 0.478 e. The number of nitrogens with zero attached hydrogens (tertiary/aromatic N) is 4. The number of hydrogen-bond acceptors (Lipinski definition) is 7. The Morgan fingerprint density at radius 2 is 2.02 bits per heavy atom. The quantitative estimate of drug-likeness (QED) is 0.325. The first kappa shape index (κ1) is 25.3. The number of carboxylic acids is 1. The zero-order valence-electron chi connectivity index (χ0n) is 22.0. The van der Waals surface area contributed by atoms with Gasteiger partial charge in [0.15, 0.2) is 11.5 Å². The van der Waals surface area contributed by atoms with Gasteiger partial charge in [-0.25, -0.2) is 9.78 Å². The Bertz CT molecular complexity index is 1600. The number of aromatic carboxylic acids is 1. The molecule has 2 fully saturated rings. The maximum absolute atomic E-state index is 11.6. The Labute approximate surface area is 236 Å². The molecular weight excluding hydrogens is 532 g/mol. The summed E-state index contributed by atoms with van der Waals surface area (Å²) in [6.45, 7) is 5.90. The second-order valence-electron chi connectivity index (χ2n) is 10.9. The highest BCUT2D eigenvalue weighted by molar-refractivity contribution is 6.30. The van der Waals surface area contributed by atoms with Gasteiger partial charge in [0, 0.05) is 32.8 Å². The van der Waals surface area contributed by atoms with Gasteiger partial charge in [-0.3, -0.25) is 9.88 Å². The molecule has 2 saturated heterocycles. The monoisotopic (exact) mass is 560 g/mol. The number of para-hydroxylation sites is 1. The molecule has 0 saturated carbocycles. The van der Waals surface area contributed by atoms with Gasteiger partial charge in [0.25, 0.3) is 5.79 Å². The van der Waals surface area contributed by atoms with Gasteiger partial charge in [0.2, 0.25) is 0 Å². The minimum absolute atomic E-state index is 0.143. The van der Waals surface area contributed by atoms with Crippen molar-refractivity contribution in [3.8, 4) is 11.5 Å². The van der Waals surface area contributed by atoms with Gasteiger partial charge >= 0.3 is 5.97 Å². The van der Waals surface area contributed by atoms with E-state index >= 15 is 0 Å². The van der Waals surface area contributed by atoms with Crippen molar-refractivity contribution < 1.29 is 24.1 Å². The fourth-order valence-electron chi connectivity index (χ4n) is 5.80. The van der Waals surface area contributed by atoms with Crippen molar-refractivity contribution in [2.24, 2.45) is 5.92 Å². The Hall–Kier alpha value is -3.66. The number of ether oxygens (including phenoxy) is 3. The highest BCUT2D eigenvalue weighted by Gasteiger charge is 2.42. The van der Waals surface area contributed by atoms with E-state index < -0.39 is 11.8 Å². The third-order valence-electron chi connectivity index (χ3n) is 8.01. The van der Waals surface area contributed by atoms with Crippen LogP contribution < -0.4 is 9.47 Å². The summed E-state index contributed by atoms with van der Waals surface area (Å²) >= 11 is 6.02. The molecule has 2 aromatic heterocycles. The van der Waals surface area contributed by atoms with Gasteiger partial charge < -0.3 is 23.9 Å². The molecule has 10 heteroatoms. The second-order valence-corrected chi connectivity index (χ2v) is 11.4. The van der Waals surface area contributed by atoms with Crippen LogP contribution in [0.2, 0.25) is 5.02 Å². The fourth-order valence-corrected chi connectivity index (χ4v) is 5.91. The number of imidazole rings is 1. The number of likely N-dealkylation sites (tertiary alicyclic amines) is 1. The van der Waals surface area contributed by atoms with Crippen LogP contribution in [-0.2, 0) is 30.0 Å². The van der Waals surface area contributed by atoms with Crippen LogP contribution in [0.5, 0.6) is 11.5 Å². The lowest BCUT2D eigenvalue weighted by molar-refractivity contribution is -0.0722. The molecular formula is C30H29ClN4O5. The van der Waals surface area contributed by atoms with Gasteiger partial charge in [-0.15, -0.1) is 0 Å². The number of fused-ring (bicyclic) bond motifs is 2. The molecule has 2 atom stereocenters. The summed E-state index contributed by atoms with van der Waals surface area (Å²) in [5, 5.41) is 10.1. The smallest absolute Gasteiger partial charge is 0.335 e. The van der Waals surface area contributed by atoms with Gasteiger partial charge in [0.05, 0.1) is 40.8 Å². The SMILES string of the molecule is CC1(c2ccc(Cl)cn2)Oc2cccc(CC3CN(Cc4nc5ccc(C(=O)O)cc5n4C[C@@H]4CCO4)C3)c2O1. The molecule has 1 unspecified atom stereocenters. The third-order valence-corrected chi connectivity index (χ3v) is 8.24. The summed E-state index contributed by atoms with van der Waals surface area (Å²) in [4.78, 5) is 23.2. The molecule has 0 spiro atoms. The van der Waals surface area contributed by atoms with Crippen LogP contribution in [-0.4, -0.2) is 56.3 Å². The molecule has 4 aromatic rings. The Morgan fingerprint density at radius 3 is 2.75 bits per heavy atom. The standard InChI is InChI=1S/C30H29ClN4O5/c1-30(26-8-6-21(31)13-32-26)39-25-4-2-3-19(28(25)40-30)11-18-14-34(15-18)17-27-33-23-7-5-20(29(36)37)12-24(23)35(27)16-22-9-10-38-22/h2-8,12-13,18,22H,9-11,14-17H2,1H3,(H,36,37)/t22-,30?/m0/s1. The van der Waals surface area contributed by atoms with Crippen LogP contribution in [0.25, 0.3) is 11.0 Å². The van der Waals surface area contributed by atoms with Crippen molar-refractivity contribution in [1.29, 1.82) is 0 Å². The predicted octanol–water partition coefficient (Wildman–Crippen LogP) is 4.89. The minimum Gasteiger partial charge on any atom is -0.478 e. The number of halogens is 1. The molecule has 3 aliphatic rings. The number of benzene rings is 2. The molecule has 9 nitrogen and oxygen atoms in total. The molecule has 2 aromatic carbocycles. The van der Waals surface area contributed by atoms with Crippen molar-refractivity contribution >= 4 is 28.6 Å². The van der Waals surface area contributed by atoms with Crippen molar-refractivity contribution in [3.05, 3.63) is 82.4 Å². The lowest BCUT2D eigenvalue weighted by atomic mass is 9.91. The predicted molar refractivity (Wildman–Crippen MR) is 148 cm³/mol. The van der Waals surface area contributed by atoms with Gasteiger partial charge in [0.1, 0.15) is 11.5 Å². The average Bonchev–Trinajstić information content (AvgIpc) is 3.42. The first-order chi connectivity index (χ1) is 19.3. The molecule has 1 N–H and O–H groups in total. The molecule has 3 aliphatic heterocycles. The molecule has 0 radical (unpaired) electrons. The number of pyridine rings is 1. The van der Waals surface area contributed by atoms with Crippen molar-refractivity contribution in [2.45, 2.75) is 44.7 Å². The Kier molecular flexibility index (Phi) is 6.18. The fraction of sp³-hybridized carbons (Fsp3) is 0.367. The van der Waals surface area contributed by atoms with Crippen molar-refractivity contribution in [2.75, 3.05) is 19.7 Å². The molecule has 5 heterocycles. The van der Waals surface area contributed by atoms with Crippen LogP contribution in [0.1, 0.15) is 40.8 Å². The van der Waals surface area contributed by atoms with E-state index in [9.17, 15) is 9.90 Å². The number of carbonyl (C=O) groups is 1. The zero-order valence-corrected chi connectivity index (χ0v) is 22.8. The summed E-state index contributed by atoms with van der Waals surface area (Å²) in [6, 6.07) is 14.8. The van der Waals surface area contributed by atoms with Crippen LogP contribution in [0.4, 0.5) is 0 Å². The van der Waals surface area contributed by atoms with Crippen molar-refractivity contribution in [1.82, 2.24) is 19.4 Å². The van der Waals surface area contributed by atoms with Crippen molar-refractivity contribution in [3.63, 3.8) is 0 Å². The molecule has 7 rings (SSSR count). The summed E-state index contributed by atoms with van der Waals surface area (Å²) in [5.74, 6) is 0.973. The number of carboxylic acid groups (broad SMARTS) is 1. The van der Waals surface area contributed by atoms with E-state index in [-0.39, 0.29) is 11.7 Å². The van der Waals surface area contributed by atoms with Crippen LogP contribution >= 0.6 is 11.6 Å². The molecule has 206 valence electrons. The Balaban J connectivity index is 1.04. The topological polar surface area (TPSA) is 98.9 Å². The van der Waals surface area contributed by atoms with Crippen LogP contribution in [0, 0.1) is 5.92 Å². The highest BCUT2D eigenvalue weighted by Crippen LogP contribution is 2.46. The first-order valence-electron chi connectivity index (χ1n) is 13.5. The van der Waals surface area contributed by atoms with E-state index in [2.05, 4.69) is 20.5 Å². The number of hydrogen-bond donors (Lipinski definition) is 1. The molecule has 0 bridgehead atoms. The van der Waals surface area contributed by atoms with E-state index in [1.54, 1.807) is 30.5 Å². The van der Waals surface area contributed by atoms with Gasteiger partial charge in [-0.05, 0) is 60.7 Å². The average molecular weight is 561 g/mol. The van der Waals surface area contributed by atoms with Crippen LogP contribution in [0.15, 0.2) is 54.7 Å². The second kappa shape index (κ2) is 9.76. The van der Waals surface area contributed by atoms with E-state index in [0.717, 1.165) is 66.5 Å². The lowest BCUT2D eigenvalue weighted by Gasteiger charge is -2.39. The maximum atomic E-state index is 11.6. The summed E-state index contributed by atoms with van der Waals surface area (Å²) in [6.07, 6.45) is 3.62. The summed E-state index contributed by atoms with van der Waals surface area (Å²) < 4.78 is 20.4. The molecule has 40 heavy (non-hydrogen) atoms. The van der Waals surface area contributed by atoms with E-state index in [0.29, 0.717) is 29.7 Å². The lowest BCUT2D eigenvalue weighted by Crippen LogP contribution is -2.47. The van der Waals surface area contributed by atoms with Gasteiger partial charge in [-0.2, -0.15) is 0 Å². The highest BCUT2D eigenvalue weighted by atomic mass is 35.5. The van der Waals surface area contributed by atoms with E-state index in [1.165, 1.54) is 0 Å². The third kappa shape index (κ3) is 4.58. The van der Waals surface area contributed by atoms with E-state index in [4.69, 9.17) is 30.8 Å². The zero-order chi connectivity index (χ0) is 27.4. The van der Waals surface area contributed by atoms with Gasteiger partial charge in [-0.1, -0.05) is 23.7 Å². The number of rotatable bonds is 8. The number of aromatic nitrogens is 3. The molecule has 0 aliphatic carbocycles. The minimum atomic E-state index is -1.00. The summed E-state index contributed by atoms with van der Waals surface area (Å²) in [5.41, 5.74) is 3.71. The first-order valence-corrected chi connectivity index (χ1v) is 13.9. The maximum Gasteiger partial charge on any atom is 0.335 e. The van der Waals surface area contributed by atoms with Crippen LogP contribution in [0.3, 0.4) is 0 Å².